The summed E-state index contributed by atoms with van der Waals surface area (Å²) in [4.78, 5) is 17.8. The van der Waals surface area contributed by atoms with E-state index in [0.717, 1.165) is 57.9 Å². The van der Waals surface area contributed by atoms with E-state index in [2.05, 4.69) is 36.2 Å². The van der Waals surface area contributed by atoms with Crippen LogP contribution in [0.4, 0.5) is 5.82 Å². The molecule has 1 unspecified atom stereocenters. The van der Waals surface area contributed by atoms with E-state index in [1.165, 1.54) is 12.7 Å². The fourth-order valence-electron chi connectivity index (χ4n) is 3.58. The molecule has 0 radical (unpaired) electrons. The third-order valence-corrected chi connectivity index (χ3v) is 5.05. The SMILES string of the molecule is CCC1CN(CCCn2cnc3c(N)ncnc32)CCN1CCOC. The van der Waals surface area contributed by atoms with E-state index in [1.807, 2.05) is 6.33 Å². The highest BCUT2D eigenvalue weighted by Gasteiger charge is 2.24. The van der Waals surface area contributed by atoms with E-state index < -0.39 is 0 Å². The van der Waals surface area contributed by atoms with E-state index in [9.17, 15) is 0 Å². The molecule has 0 saturated carbocycles. The Hall–Kier alpha value is -1.77. The molecule has 0 bridgehead atoms. The van der Waals surface area contributed by atoms with Crippen molar-refractivity contribution in [2.24, 2.45) is 0 Å². The van der Waals surface area contributed by atoms with Crippen LogP contribution in [0.3, 0.4) is 0 Å². The Morgan fingerprint density at radius 2 is 2.08 bits per heavy atom. The van der Waals surface area contributed by atoms with Gasteiger partial charge in [0.2, 0.25) is 0 Å². The molecule has 3 rings (SSSR count). The summed E-state index contributed by atoms with van der Waals surface area (Å²) in [5, 5.41) is 0. The zero-order chi connectivity index (χ0) is 17.6. The number of ether oxygens (including phenoxy) is 1. The minimum absolute atomic E-state index is 0.446. The molecule has 2 aromatic heterocycles. The average Bonchev–Trinajstić information content (AvgIpc) is 3.05. The number of nitrogen functional groups attached to an aromatic ring is 1. The van der Waals surface area contributed by atoms with Crippen LogP contribution in [-0.2, 0) is 11.3 Å². The van der Waals surface area contributed by atoms with Gasteiger partial charge < -0.3 is 19.9 Å². The zero-order valence-electron chi connectivity index (χ0n) is 15.3. The molecular weight excluding hydrogens is 318 g/mol. The second kappa shape index (κ2) is 8.55. The van der Waals surface area contributed by atoms with Gasteiger partial charge in [-0.1, -0.05) is 6.92 Å². The molecule has 0 aromatic carbocycles. The Kier molecular flexibility index (Phi) is 6.17. The highest BCUT2D eigenvalue weighted by atomic mass is 16.5. The van der Waals surface area contributed by atoms with Crippen LogP contribution in [0.2, 0.25) is 0 Å². The lowest BCUT2D eigenvalue weighted by atomic mass is 10.1. The largest absolute Gasteiger partial charge is 0.383 e. The lowest BCUT2D eigenvalue weighted by Gasteiger charge is -2.41. The van der Waals surface area contributed by atoms with E-state index in [1.54, 1.807) is 7.11 Å². The Morgan fingerprint density at radius 3 is 2.88 bits per heavy atom. The quantitative estimate of drug-likeness (QED) is 0.757. The molecule has 138 valence electrons. The normalized spacial score (nSPS) is 19.7. The van der Waals surface area contributed by atoms with Crippen LogP contribution in [0.25, 0.3) is 11.2 Å². The smallest absolute Gasteiger partial charge is 0.165 e. The van der Waals surface area contributed by atoms with Gasteiger partial charge in [0.1, 0.15) is 11.8 Å². The third-order valence-electron chi connectivity index (χ3n) is 5.05. The van der Waals surface area contributed by atoms with Gasteiger partial charge in [-0.2, -0.15) is 0 Å². The van der Waals surface area contributed by atoms with Crippen molar-refractivity contribution in [1.29, 1.82) is 0 Å². The molecule has 1 aliphatic heterocycles. The topological polar surface area (TPSA) is 85.3 Å². The highest BCUT2D eigenvalue weighted by Crippen LogP contribution is 2.16. The molecule has 2 N–H and O–H groups in total. The zero-order valence-corrected chi connectivity index (χ0v) is 15.3. The van der Waals surface area contributed by atoms with Crippen LogP contribution in [0.1, 0.15) is 19.8 Å². The van der Waals surface area contributed by atoms with Crippen molar-refractivity contribution < 1.29 is 4.74 Å². The van der Waals surface area contributed by atoms with Crippen molar-refractivity contribution in [3.63, 3.8) is 0 Å². The number of rotatable bonds is 8. The van der Waals surface area contributed by atoms with Crippen molar-refractivity contribution in [3.05, 3.63) is 12.7 Å². The third kappa shape index (κ3) is 4.26. The molecule has 1 aliphatic rings. The van der Waals surface area contributed by atoms with Crippen LogP contribution in [0.15, 0.2) is 12.7 Å². The monoisotopic (exact) mass is 347 g/mol. The number of hydrogen-bond donors (Lipinski definition) is 1. The summed E-state index contributed by atoms with van der Waals surface area (Å²) >= 11 is 0. The summed E-state index contributed by atoms with van der Waals surface area (Å²) in [6, 6.07) is 0.630. The van der Waals surface area contributed by atoms with Gasteiger partial charge in [0.25, 0.3) is 0 Å². The maximum atomic E-state index is 5.84. The number of anilines is 1. The summed E-state index contributed by atoms with van der Waals surface area (Å²) in [5.41, 5.74) is 7.36. The predicted molar refractivity (Wildman–Crippen MR) is 98.3 cm³/mol. The van der Waals surface area contributed by atoms with Gasteiger partial charge in [-0.25, -0.2) is 15.0 Å². The first-order chi connectivity index (χ1) is 12.2. The lowest BCUT2D eigenvalue weighted by molar-refractivity contribution is 0.0489. The number of methoxy groups -OCH3 is 1. The molecule has 0 spiro atoms. The van der Waals surface area contributed by atoms with Crippen LogP contribution in [-0.4, -0.2) is 81.8 Å². The van der Waals surface area contributed by atoms with Gasteiger partial charge in [-0.05, 0) is 19.4 Å². The second-order valence-electron chi connectivity index (χ2n) is 6.61. The average molecular weight is 347 g/mol. The number of imidazole rings is 1. The van der Waals surface area contributed by atoms with Crippen molar-refractivity contribution in [3.8, 4) is 0 Å². The van der Waals surface area contributed by atoms with E-state index in [0.29, 0.717) is 17.4 Å². The molecule has 1 fully saturated rings. The first kappa shape index (κ1) is 18.0. The maximum absolute atomic E-state index is 5.84. The Labute approximate surface area is 149 Å². The number of nitrogens with zero attached hydrogens (tertiary/aromatic N) is 6. The molecule has 1 saturated heterocycles. The first-order valence-corrected chi connectivity index (χ1v) is 9.09. The summed E-state index contributed by atoms with van der Waals surface area (Å²) < 4.78 is 7.30. The number of nitrogens with two attached hydrogens (primary N) is 1. The van der Waals surface area contributed by atoms with E-state index in [4.69, 9.17) is 10.5 Å². The highest BCUT2D eigenvalue weighted by molar-refractivity contribution is 5.80. The van der Waals surface area contributed by atoms with Crippen molar-refractivity contribution >= 4 is 17.0 Å². The fraction of sp³-hybridized carbons (Fsp3) is 0.706. The van der Waals surface area contributed by atoms with Gasteiger partial charge in [-0.15, -0.1) is 0 Å². The van der Waals surface area contributed by atoms with Gasteiger partial charge in [0.15, 0.2) is 11.5 Å². The molecule has 0 amide bonds. The van der Waals surface area contributed by atoms with Crippen LogP contribution >= 0.6 is 0 Å². The second-order valence-corrected chi connectivity index (χ2v) is 6.61. The Bertz CT molecular complexity index is 674. The molecule has 2 aromatic rings. The maximum Gasteiger partial charge on any atom is 0.165 e. The fourth-order valence-corrected chi connectivity index (χ4v) is 3.58. The molecule has 8 heteroatoms. The summed E-state index contributed by atoms with van der Waals surface area (Å²) in [7, 11) is 1.77. The molecule has 1 atom stereocenters. The van der Waals surface area contributed by atoms with Crippen LogP contribution in [0, 0.1) is 0 Å². The van der Waals surface area contributed by atoms with Crippen molar-refractivity contribution in [2.75, 3.05) is 52.2 Å². The molecule has 25 heavy (non-hydrogen) atoms. The molecule has 0 aliphatic carbocycles. The number of aryl methyl sites for hydroxylation is 1. The molecule has 8 nitrogen and oxygen atoms in total. The minimum atomic E-state index is 0.446. The summed E-state index contributed by atoms with van der Waals surface area (Å²) in [6.45, 7) is 9.50. The van der Waals surface area contributed by atoms with Crippen molar-refractivity contribution in [1.82, 2.24) is 29.3 Å². The van der Waals surface area contributed by atoms with E-state index >= 15 is 0 Å². The number of piperazine rings is 1. The lowest BCUT2D eigenvalue weighted by Crippen LogP contribution is -2.53. The first-order valence-electron chi connectivity index (χ1n) is 9.09. The minimum Gasteiger partial charge on any atom is -0.383 e. The van der Waals surface area contributed by atoms with Crippen LogP contribution < -0.4 is 5.73 Å². The number of hydrogen-bond acceptors (Lipinski definition) is 7. The summed E-state index contributed by atoms with van der Waals surface area (Å²) in [6.07, 6.45) is 5.57. The Balaban J connectivity index is 1.50. The van der Waals surface area contributed by atoms with Crippen LogP contribution in [0.5, 0.6) is 0 Å². The van der Waals surface area contributed by atoms with Crippen molar-refractivity contribution in [2.45, 2.75) is 32.4 Å². The van der Waals surface area contributed by atoms with Gasteiger partial charge >= 0.3 is 0 Å². The predicted octanol–water partition coefficient (Wildman–Crippen LogP) is 0.841. The van der Waals surface area contributed by atoms with E-state index in [-0.39, 0.29) is 0 Å². The molecular formula is C17H29N7O. The van der Waals surface area contributed by atoms with Gasteiger partial charge in [0.05, 0.1) is 12.9 Å². The van der Waals surface area contributed by atoms with Gasteiger partial charge in [0, 0.05) is 45.9 Å². The molecule has 3 heterocycles. The van der Waals surface area contributed by atoms with Gasteiger partial charge in [-0.3, -0.25) is 4.90 Å². The summed E-state index contributed by atoms with van der Waals surface area (Å²) in [5.74, 6) is 0.446. The standard InChI is InChI=1S/C17H29N7O/c1-3-14-11-22(7-8-23(14)9-10-25-2)5-4-6-24-13-21-15-16(18)19-12-20-17(15)24/h12-14H,3-11H2,1-2H3,(H2,18,19,20). The number of aromatic nitrogens is 4. The number of fused-ring (bicyclic) bond motifs is 1. The Morgan fingerprint density at radius 1 is 1.20 bits per heavy atom.